The summed E-state index contributed by atoms with van der Waals surface area (Å²) in [6, 6.07) is 7.73. The maximum atomic E-state index is 12.8. The molecule has 5 nitrogen and oxygen atoms in total. The van der Waals surface area contributed by atoms with E-state index in [9.17, 15) is 9.90 Å². The van der Waals surface area contributed by atoms with Gasteiger partial charge in [-0.05, 0) is 44.9 Å². The monoisotopic (exact) mass is 327 g/mol. The highest BCUT2D eigenvalue weighted by Gasteiger charge is 2.27. The number of amides is 1. The summed E-state index contributed by atoms with van der Waals surface area (Å²) < 4.78 is 2.00. The number of aliphatic hydroxyl groups excluding tert-OH is 1. The highest BCUT2D eigenvalue weighted by molar-refractivity contribution is 5.96. The van der Waals surface area contributed by atoms with Crippen molar-refractivity contribution in [1.82, 2.24) is 14.9 Å². The van der Waals surface area contributed by atoms with Gasteiger partial charge in [0, 0.05) is 36.2 Å². The molecule has 128 valence electrons. The van der Waals surface area contributed by atoms with Gasteiger partial charge >= 0.3 is 0 Å². The Morgan fingerprint density at radius 2 is 2.12 bits per heavy atom. The number of carbonyl (C=O) groups excluding carboxylic acids is 1. The molecule has 1 amide bonds. The molecule has 0 radical (unpaired) electrons. The van der Waals surface area contributed by atoms with Gasteiger partial charge in [-0.2, -0.15) is 0 Å². The number of carbonyl (C=O) groups is 1. The van der Waals surface area contributed by atoms with E-state index in [4.69, 9.17) is 0 Å². The van der Waals surface area contributed by atoms with Crippen LogP contribution < -0.4 is 5.32 Å². The van der Waals surface area contributed by atoms with Crippen LogP contribution in [0, 0.1) is 19.8 Å². The molecule has 2 atom stereocenters. The number of rotatable bonds is 4. The fourth-order valence-electron chi connectivity index (χ4n) is 3.69. The molecule has 2 heterocycles. The lowest BCUT2D eigenvalue weighted by Gasteiger charge is -2.30. The Kier molecular flexibility index (Phi) is 5.00. The fraction of sp³-hybridized carbons (Fsp3) is 0.474. The van der Waals surface area contributed by atoms with Crippen LogP contribution in [0.15, 0.2) is 30.5 Å². The first-order chi connectivity index (χ1) is 11.6. The second kappa shape index (κ2) is 7.18. The summed E-state index contributed by atoms with van der Waals surface area (Å²) in [5.41, 5.74) is 2.55. The van der Waals surface area contributed by atoms with Crippen molar-refractivity contribution in [3.05, 3.63) is 47.4 Å². The molecule has 0 saturated heterocycles. The second-order valence-corrected chi connectivity index (χ2v) is 6.62. The van der Waals surface area contributed by atoms with Crippen LogP contribution in [0.3, 0.4) is 0 Å². The third-order valence-electron chi connectivity index (χ3n) is 5.01. The van der Waals surface area contributed by atoms with Gasteiger partial charge in [0.2, 0.25) is 0 Å². The molecule has 2 N–H and O–H groups in total. The van der Waals surface area contributed by atoms with Gasteiger partial charge in [0.1, 0.15) is 5.82 Å². The van der Waals surface area contributed by atoms with Crippen LogP contribution in [0.1, 0.15) is 47.4 Å². The first kappa shape index (κ1) is 16.7. The van der Waals surface area contributed by atoms with E-state index < -0.39 is 0 Å². The number of aryl methyl sites for hydroxylation is 1. The molecule has 1 saturated carbocycles. The average molecular weight is 327 g/mol. The molecule has 0 aromatic carbocycles. The van der Waals surface area contributed by atoms with Gasteiger partial charge in [0.25, 0.3) is 5.91 Å². The van der Waals surface area contributed by atoms with E-state index in [1.54, 1.807) is 6.20 Å². The molecule has 1 aliphatic rings. The van der Waals surface area contributed by atoms with Crippen LogP contribution >= 0.6 is 0 Å². The van der Waals surface area contributed by atoms with Crippen LogP contribution in [0.25, 0.3) is 5.82 Å². The summed E-state index contributed by atoms with van der Waals surface area (Å²) in [5, 5.41) is 12.7. The predicted octanol–water partition coefficient (Wildman–Crippen LogP) is 2.77. The summed E-state index contributed by atoms with van der Waals surface area (Å²) in [4.78, 5) is 17.1. The Bertz CT molecular complexity index is 709. The lowest BCUT2D eigenvalue weighted by Crippen LogP contribution is -2.43. The van der Waals surface area contributed by atoms with E-state index in [2.05, 4.69) is 10.3 Å². The van der Waals surface area contributed by atoms with Crippen LogP contribution in [0.4, 0.5) is 0 Å². The Morgan fingerprint density at radius 3 is 2.83 bits per heavy atom. The Hall–Kier alpha value is -2.14. The zero-order valence-corrected chi connectivity index (χ0v) is 14.3. The van der Waals surface area contributed by atoms with Crippen molar-refractivity contribution in [2.24, 2.45) is 5.92 Å². The Balaban J connectivity index is 1.83. The van der Waals surface area contributed by atoms with Gasteiger partial charge in [-0.15, -0.1) is 0 Å². The molecule has 3 rings (SSSR count). The molecule has 0 spiro atoms. The molecule has 1 fully saturated rings. The SMILES string of the molecule is Cc1cc(C(=O)NC2CCCCC2CO)c(C)n1-c1ccccn1. The standard InChI is InChI=1S/C19H25N3O2/c1-13-11-16(14(2)22(13)18-9-5-6-10-20-18)19(24)21-17-8-4-3-7-15(17)12-23/h5-6,9-11,15,17,23H,3-4,7-8,12H2,1-2H3,(H,21,24). The molecule has 2 unspecified atom stereocenters. The maximum absolute atomic E-state index is 12.8. The van der Waals surface area contributed by atoms with Crippen molar-refractivity contribution in [3.8, 4) is 5.82 Å². The van der Waals surface area contributed by atoms with E-state index in [0.717, 1.165) is 42.9 Å². The minimum Gasteiger partial charge on any atom is -0.396 e. The summed E-state index contributed by atoms with van der Waals surface area (Å²) in [5.74, 6) is 0.926. The highest BCUT2D eigenvalue weighted by Crippen LogP contribution is 2.25. The van der Waals surface area contributed by atoms with Gasteiger partial charge in [-0.25, -0.2) is 4.98 Å². The topological polar surface area (TPSA) is 67.2 Å². The first-order valence-corrected chi connectivity index (χ1v) is 8.64. The minimum atomic E-state index is -0.0596. The molecule has 5 heteroatoms. The van der Waals surface area contributed by atoms with Crippen LogP contribution in [-0.4, -0.2) is 33.2 Å². The Labute approximate surface area is 142 Å². The lowest BCUT2D eigenvalue weighted by atomic mass is 9.85. The first-order valence-electron chi connectivity index (χ1n) is 8.64. The molecule has 0 aliphatic heterocycles. The number of aliphatic hydroxyl groups is 1. The van der Waals surface area contributed by atoms with E-state index in [0.29, 0.717) is 5.56 Å². The minimum absolute atomic E-state index is 0.0596. The number of nitrogens with one attached hydrogen (secondary N) is 1. The van der Waals surface area contributed by atoms with Crippen molar-refractivity contribution in [2.75, 3.05) is 6.61 Å². The zero-order valence-electron chi connectivity index (χ0n) is 14.3. The van der Waals surface area contributed by atoms with E-state index >= 15 is 0 Å². The van der Waals surface area contributed by atoms with Gasteiger partial charge in [-0.3, -0.25) is 4.79 Å². The summed E-state index contributed by atoms with van der Waals surface area (Å²) in [6.45, 7) is 4.06. The molecular formula is C19H25N3O2. The quantitative estimate of drug-likeness (QED) is 0.907. The van der Waals surface area contributed by atoms with Crippen molar-refractivity contribution < 1.29 is 9.90 Å². The largest absolute Gasteiger partial charge is 0.396 e. The van der Waals surface area contributed by atoms with Crippen molar-refractivity contribution in [2.45, 2.75) is 45.6 Å². The smallest absolute Gasteiger partial charge is 0.253 e. The van der Waals surface area contributed by atoms with Gasteiger partial charge in [0.15, 0.2) is 0 Å². The van der Waals surface area contributed by atoms with Crippen LogP contribution in [-0.2, 0) is 0 Å². The normalized spacial score (nSPS) is 20.8. The van der Waals surface area contributed by atoms with E-state index in [1.807, 2.05) is 42.7 Å². The van der Waals surface area contributed by atoms with Crippen molar-refractivity contribution >= 4 is 5.91 Å². The molecule has 2 aromatic heterocycles. The predicted molar refractivity (Wildman–Crippen MR) is 93.3 cm³/mol. The van der Waals surface area contributed by atoms with Gasteiger partial charge < -0.3 is 15.0 Å². The molecular weight excluding hydrogens is 302 g/mol. The number of hydrogen-bond donors (Lipinski definition) is 2. The highest BCUT2D eigenvalue weighted by atomic mass is 16.3. The van der Waals surface area contributed by atoms with Crippen LogP contribution in [0.5, 0.6) is 0 Å². The van der Waals surface area contributed by atoms with Gasteiger partial charge in [0.05, 0.1) is 5.56 Å². The van der Waals surface area contributed by atoms with Crippen molar-refractivity contribution in [3.63, 3.8) is 0 Å². The number of nitrogens with zero attached hydrogens (tertiary/aromatic N) is 2. The number of pyridine rings is 1. The van der Waals surface area contributed by atoms with E-state index in [-0.39, 0.29) is 24.5 Å². The molecule has 2 aromatic rings. The molecule has 0 bridgehead atoms. The van der Waals surface area contributed by atoms with Crippen molar-refractivity contribution in [1.29, 1.82) is 0 Å². The fourth-order valence-corrected chi connectivity index (χ4v) is 3.69. The summed E-state index contributed by atoms with van der Waals surface area (Å²) >= 11 is 0. The number of aromatic nitrogens is 2. The van der Waals surface area contributed by atoms with E-state index in [1.165, 1.54) is 0 Å². The number of hydrogen-bond acceptors (Lipinski definition) is 3. The second-order valence-electron chi connectivity index (χ2n) is 6.62. The van der Waals surface area contributed by atoms with Crippen LogP contribution in [0.2, 0.25) is 0 Å². The molecule has 24 heavy (non-hydrogen) atoms. The Morgan fingerprint density at radius 1 is 1.33 bits per heavy atom. The summed E-state index contributed by atoms with van der Waals surface area (Å²) in [7, 11) is 0. The zero-order chi connectivity index (χ0) is 17.1. The lowest BCUT2D eigenvalue weighted by molar-refractivity contribution is 0.0872. The third kappa shape index (κ3) is 3.22. The third-order valence-corrected chi connectivity index (χ3v) is 5.01. The maximum Gasteiger partial charge on any atom is 0.253 e. The summed E-state index contributed by atoms with van der Waals surface area (Å²) in [6.07, 6.45) is 5.91. The van der Waals surface area contributed by atoms with Gasteiger partial charge in [-0.1, -0.05) is 18.9 Å². The average Bonchev–Trinajstić information content (AvgIpc) is 2.90. The molecule has 1 aliphatic carbocycles.